The van der Waals surface area contributed by atoms with Gasteiger partial charge < -0.3 is 14.8 Å². The zero-order valence-corrected chi connectivity index (χ0v) is 20.5. The second-order valence-electron chi connectivity index (χ2n) is 6.40. The van der Waals surface area contributed by atoms with E-state index in [9.17, 15) is 19.2 Å². The van der Waals surface area contributed by atoms with Gasteiger partial charge >= 0.3 is 5.97 Å². The number of rotatable bonds is 6. The minimum atomic E-state index is -0.657. The molecule has 166 valence electrons. The van der Waals surface area contributed by atoms with Gasteiger partial charge in [0.1, 0.15) is 12.3 Å². The number of anilines is 1. The van der Waals surface area contributed by atoms with Crippen LogP contribution in [-0.4, -0.2) is 48.7 Å². The average Bonchev–Trinajstić information content (AvgIpc) is 3.02. The van der Waals surface area contributed by atoms with E-state index in [2.05, 4.69) is 32.6 Å². The predicted octanol–water partition coefficient (Wildman–Crippen LogP) is 4.41. The van der Waals surface area contributed by atoms with Crippen molar-refractivity contribution >= 4 is 80.7 Å². The molecule has 8 nitrogen and oxygen atoms in total. The van der Waals surface area contributed by atoms with Crippen LogP contribution >= 0.6 is 46.0 Å². The molecule has 2 aromatic carbocycles. The first-order valence-corrected chi connectivity index (χ1v) is 11.3. The van der Waals surface area contributed by atoms with Crippen LogP contribution in [0, 0.1) is 3.57 Å². The minimum absolute atomic E-state index is 0.0789. The minimum Gasteiger partial charge on any atom is -0.496 e. The Hall–Kier alpha value is -2.57. The van der Waals surface area contributed by atoms with Gasteiger partial charge in [0, 0.05) is 5.69 Å². The van der Waals surface area contributed by atoms with Crippen LogP contribution in [0.15, 0.2) is 41.3 Å². The van der Waals surface area contributed by atoms with Crippen molar-refractivity contribution < 1.29 is 28.7 Å². The Morgan fingerprint density at radius 2 is 1.94 bits per heavy atom. The van der Waals surface area contributed by atoms with Crippen molar-refractivity contribution in [2.75, 3.05) is 26.1 Å². The molecule has 1 heterocycles. The van der Waals surface area contributed by atoms with Crippen LogP contribution in [0.4, 0.5) is 10.5 Å². The molecule has 1 fully saturated rings. The zero-order chi connectivity index (χ0) is 23.4. The van der Waals surface area contributed by atoms with E-state index in [1.807, 2.05) is 6.07 Å². The third kappa shape index (κ3) is 5.43. The zero-order valence-electron chi connectivity index (χ0n) is 16.8. The molecule has 0 bridgehead atoms. The maximum atomic E-state index is 12.7. The van der Waals surface area contributed by atoms with Crippen LogP contribution in [0.1, 0.15) is 15.9 Å². The van der Waals surface area contributed by atoms with Crippen molar-refractivity contribution in [2.45, 2.75) is 0 Å². The molecule has 1 saturated heterocycles. The molecule has 0 aliphatic carbocycles. The number of nitrogens with zero attached hydrogens (tertiary/aromatic N) is 1. The summed E-state index contributed by atoms with van der Waals surface area (Å²) in [5.74, 6) is -1.13. The van der Waals surface area contributed by atoms with E-state index < -0.39 is 29.6 Å². The number of amides is 3. The van der Waals surface area contributed by atoms with Crippen molar-refractivity contribution in [3.05, 3.63) is 61.0 Å². The molecular weight excluding hydrogens is 571 g/mol. The highest BCUT2D eigenvalue weighted by atomic mass is 127. The van der Waals surface area contributed by atoms with E-state index in [-0.39, 0.29) is 21.2 Å². The second kappa shape index (κ2) is 10.4. The van der Waals surface area contributed by atoms with Gasteiger partial charge in [0.25, 0.3) is 11.1 Å². The van der Waals surface area contributed by atoms with Crippen molar-refractivity contribution in [2.24, 2.45) is 0 Å². The summed E-state index contributed by atoms with van der Waals surface area (Å²) in [7, 11) is 2.78. The Labute approximate surface area is 206 Å². The number of benzene rings is 2. The fraction of sp³-hybridized carbons (Fsp3) is 0.143. The number of hydrogen-bond donors (Lipinski definition) is 1. The van der Waals surface area contributed by atoms with Crippen molar-refractivity contribution in [3.8, 4) is 5.75 Å². The lowest BCUT2D eigenvalue weighted by molar-refractivity contribution is -0.127. The third-order valence-corrected chi connectivity index (χ3v) is 6.38. The van der Waals surface area contributed by atoms with Gasteiger partial charge in [0.05, 0.1) is 33.3 Å². The average molecular weight is 587 g/mol. The van der Waals surface area contributed by atoms with Gasteiger partial charge in [-0.15, -0.1) is 0 Å². The number of carbonyl (C=O) groups excluding carboxylic acids is 4. The SMILES string of the molecule is COC(=O)c1cc(NC(=O)CN2C(=O)S/C(=C\c3ccc(OC)c(I)c3)C2=O)ccc1Cl. The number of ether oxygens (including phenoxy) is 2. The summed E-state index contributed by atoms with van der Waals surface area (Å²) in [6.45, 7) is -0.474. The summed E-state index contributed by atoms with van der Waals surface area (Å²) >= 11 is 8.83. The molecule has 0 saturated carbocycles. The van der Waals surface area contributed by atoms with Crippen LogP contribution in [0.25, 0.3) is 6.08 Å². The molecule has 11 heteroatoms. The molecule has 0 unspecified atom stereocenters. The first-order chi connectivity index (χ1) is 15.2. The number of hydrogen-bond acceptors (Lipinski definition) is 7. The monoisotopic (exact) mass is 586 g/mol. The molecule has 1 N–H and O–H groups in total. The molecule has 0 spiro atoms. The fourth-order valence-corrected chi connectivity index (χ4v) is 4.57. The third-order valence-electron chi connectivity index (χ3n) is 4.30. The molecule has 32 heavy (non-hydrogen) atoms. The maximum Gasteiger partial charge on any atom is 0.339 e. The van der Waals surface area contributed by atoms with Gasteiger partial charge in [-0.2, -0.15) is 0 Å². The van der Waals surface area contributed by atoms with E-state index in [1.165, 1.54) is 25.3 Å². The normalized spacial score (nSPS) is 14.6. The molecule has 1 aliphatic rings. The highest BCUT2D eigenvalue weighted by Crippen LogP contribution is 2.33. The lowest BCUT2D eigenvalue weighted by atomic mass is 10.2. The smallest absolute Gasteiger partial charge is 0.339 e. The Balaban J connectivity index is 1.71. The van der Waals surface area contributed by atoms with Crippen molar-refractivity contribution in [3.63, 3.8) is 0 Å². The first-order valence-electron chi connectivity index (χ1n) is 9.00. The molecule has 3 rings (SSSR count). The van der Waals surface area contributed by atoms with Gasteiger partial charge in [-0.3, -0.25) is 19.3 Å². The van der Waals surface area contributed by atoms with E-state index in [0.29, 0.717) is 5.75 Å². The summed E-state index contributed by atoms with van der Waals surface area (Å²) in [5, 5.41) is 2.16. The lowest BCUT2D eigenvalue weighted by Gasteiger charge is -2.13. The lowest BCUT2D eigenvalue weighted by Crippen LogP contribution is -2.36. The fourth-order valence-electron chi connectivity index (χ4n) is 2.77. The van der Waals surface area contributed by atoms with Gasteiger partial charge in [0.15, 0.2) is 0 Å². The Morgan fingerprint density at radius 3 is 2.59 bits per heavy atom. The molecule has 0 aromatic heterocycles. The van der Waals surface area contributed by atoms with E-state index >= 15 is 0 Å². The molecule has 3 amide bonds. The Kier molecular flexibility index (Phi) is 7.80. The molecule has 1 aliphatic heterocycles. The summed E-state index contributed by atoms with van der Waals surface area (Å²) in [5.41, 5.74) is 1.08. The molecule has 0 atom stereocenters. The van der Waals surface area contributed by atoms with Crippen molar-refractivity contribution in [1.82, 2.24) is 4.90 Å². The van der Waals surface area contributed by atoms with E-state index in [1.54, 1.807) is 25.3 Å². The van der Waals surface area contributed by atoms with E-state index in [0.717, 1.165) is 25.8 Å². The largest absolute Gasteiger partial charge is 0.496 e. The van der Waals surface area contributed by atoms with Crippen molar-refractivity contribution in [1.29, 1.82) is 0 Å². The standard InChI is InChI=1S/C21H16ClIN2O6S/c1-30-16-6-3-11(7-15(16)23)8-17-19(27)25(21(29)32-17)10-18(26)24-12-4-5-14(22)13(9-12)20(28)31-2/h3-9H,10H2,1-2H3,(H,24,26)/b17-8-. The van der Waals surface area contributed by atoms with Crippen LogP contribution in [0.3, 0.4) is 0 Å². The molecular formula is C21H16ClIN2O6S. The van der Waals surface area contributed by atoms with Gasteiger partial charge in [-0.1, -0.05) is 17.7 Å². The number of halogens is 2. The van der Waals surface area contributed by atoms with E-state index in [4.69, 9.17) is 16.3 Å². The second-order valence-corrected chi connectivity index (χ2v) is 8.96. The summed E-state index contributed by atoms with van der Waals surface area (Å²) < 4.78 is 10.7. The van der Waals surface area contributed by atoms with Gasteiger partial charge in [-0.25, -0.2) is 4.79 Å². The number of esters is 1. The van der Waals surface area contributed by atoms with Crippen LogP contribution in [0.2, 0.25) is 5.02 Å². The summed E-state index contributed by atoms with van der Waals surface area (Å²) in [6.07, 6.45) is 1.59. The topological polar surface area (TPSA) is 102 Å². The number of imide groups is 1. The number of carbonyl (C=O) groups is 4. The van der Waals surface area contributed by atoms with Gasteiger partial charge in [0.2, 0.25) is 5.91 Å². The first kappa shape index (κ1) is 24.1. The summed E-state index contributed by atoms with van der Waals surface area (Å²) in [4.78, 5) is 50.2. The van der Waals surface area contributed by atoms with Crippen LogP contribution in [-0.2, 0) is 14.3 Å². The molecule has 2 aromatic rings. The Morgan fingerprint density at radius 1 is 1.19 bits per heavy atom. The number of nitrogens with one attached hydrogen (secondary N) is 1. The van der Waals surface area contributed by atoms with Crippen LogP contribution in [0.5, 0.6) is 5.75 Å². The maximum absolute atomic E-state index is 12.7. The molecule has 0 radical (unpaired) electrons. The number of methoxy groups -OCH3 is 2. The quantitative estimate of drug-likeness (QED) is 0.304. The predicted molar refractivity (Wildman–Crippen MR) is 130 cm³/mol. The van der Waals surface area contributed by atoms with Gasteiger partial charge in [-0.05, 0) is 76.3 Å². The number of thioether (sulfide) groups is 1. The van der Waals surface area contributed by atoms with Crippen LogP contribution < -0.4 is 10.1 Å². The highest BCUT2D eigenvalue weighted by molar-refractivity contribution is 14.1. The highest BCUT2D eigenvalue weighted by Gasteiger charge is 2.36. The summed E-state index contributed by atoms with van der Waals surface area (Å²) in [6, 6.07) is 9.62. The Bertz CT molecular complexity index is 1150.